The quantitative estimate of drug-likeness (QED) is 0.794. The molecule has 1 aromatic rings. The van der Waals surface area contributed by atoms with Gasteiger partial charge >= 0.3 is 0 Å². The predicted molar refractivity (Wildman–Crippen MR) is 79.1 cm³/mol. The van der Waals surface area contributed by atoms with Crippen LogP contribution in [0.1, 0.15) is 39.2 Å². The lowest BCUT2D eigenvalue weighted by molar-refractivity contribution is 0.0297. The molecule has 0 amide bonds. The van der Waals surface area contributed by atoms with Crippen molar-refractivity contribution in [2.75, 3.05) is 19.6 Å². The van der Waals surface area contributed by atoms with Gasteiger partial charge in [0.15, 0.2) is 0 Å². The van der Waals surface area contributed by atoms with Gasteiger partial charge in [0.05, 0.1) is 0 Å². The van der Waals surface area contributed by atoms with E-state index in [1.54, 1.807) is 0 Å². The van der Waals surface area contributed by atoms with Crippen LogP contribution >= 0.6 is 0 Å². The minimum atomic E-state index is -1.05. The van der Waals surface area contributed by atoms with Crippen molar-refractivity contribution in [1.29, 1.82) is 0 Å². The average molecular weight is 263 g/mol. The molecular formula is C17H26FN. The van der Waals surface area contributed by atoms with Gasteiger partial charge in [0.25, 0.3) is 0 Å². The molecular weight excluding hydrogens is 237 g/mol. The normalized spacial score (nSPS) is 25.5. The zero-order valence-corrected chi connectivity index (χ0v) is 12.5. The van der Waals surface area contributed by atoms with Crippen molar-refractivity contribution < 1.29 is 4.39 Å². The van der Waals surface area contributed by atoms with Crippen LogP contribution in [-0.2, 0) is 6.42 Å². The van der Waals surface area contributed by atoms with E-state index < -0.39 is 5.67 Å². The molecule has 0 unspecified atom stereocenters. The molecule has 0 spiro atoms. The van der Waals surface area contributed by atoms with Crippen molar-refractivity contribution in [3.05, 3.63) is 35.9 Å². The molecule has 0 aliphatic carbocycles. The highest BCUT2D eigenvalue weighted by atomic mass is 19.1. The molecule has 1 atom stereocenters. The van der Waals surface area contributed by atoms with Gasteiger partial charge in [-0.2, -0.15) is 0 Å². The molecule has 1 aromatic carbocycles. The highest BCUT2D eigenvalue weighted by Crippen LogP contribution is 2.30. The topological polar surface area (TPSA) is 3.24 Å². The van der Waals surface area contributed by atoms with E-state index in [1.807, 2.05) is 30.3 Å². The Morgan fingerprint density at radius 2 is 1.89 bits per heavy atom. The van der Waals surface area contributed by atoms with Crippen LogP contribution in [0.5, 0.6) is 0 Å². The summed E-state index contributed by atoms with van der Waals surface area (Å²) in [5.74, 6) is 0. The number of rotatable bonds is 3. The summed E-state index contributed by atoms with van der Waals surface area (Å²) in [5, 5.41) is 0. The third-order valence-electron chi connectivity index (χ3n) is 3.67. The summed E-state index contributed by atoms with van der Waals surface area (Å²) in [6.45, 7) is 9.26. The van der Waals surface area contributed by atoms with Crippen LogP contribution in [0.2, 0.25) is 0 Å². The van der Waals surface area contributed by atoms with Crippen LogP contribution in [0, 0.1) is 5.41 Å². The van der Waals surface area contributed by atoms with E-state index in [2.05, 4.69) is 25.7 Å². The first kappa shape index (κ1) is 14.5. The molecule has 1 fully saturated rings. The largest absolute Gasteiger partial charge is 0.300 e. The summed E-state index contributed by atoms with van der Waals surface area (Å²) in [7, 11) is 0. The lowest BCUT2D eigenvalue weighted by atomic mass is 9.86. The second-order valence-electron chi connectivity index (χ2n) is 7.19. The number of hydrogen-bond donors (Lipinski definition) is 0. The van der Waals surface area contributed by atoms with E-state index in [-0.39, 0.29) is 5.41 Å². The van der Waals surface area contributed by atoms with Gasteiger partial charge in [-0.15, -0.1) is 0 Å². The Balaban J connectivity index is 1.99. The maximum absolute atomic E-state index is 15.0. The molecule has 0 aromatic heterocycles. The van der Waals surface area contributed by atoms with Crippen LogP contribution < -0.4 is 0 Å². The number of hydrogen-bond acceptors (Lipinski definition) is 1. The van der Waals surface area contributed by atoms with Crippen LogP contribution in [0.15, 0.2) is 30.3 Å². The standard InChI is InChI=1S/C17H26FN/c1-16(2,3)13-19-11-7-10-17(18,14-19)12-15-8-5-4-6-9-15/h4-6,8-9H,7,10-14H2,1-3H3/t17-/m0/s1. The Hall–Kier alpha value is -0.890. The number of benzene rings is 1. The second kappa shape index (κ2) is 5.62. The number of alkyl halides is 1. The van der Waals surface area contributed by atoms with Crippen molar-refractivity contribution in [2.24, 2.45) is 5.41 Å². The SMILES string of the molecule is CC(C)(C)CN1CCC[C@](F)(Cc2ccccc2)C1. The molecule has 0 bridgehead atoms. The first-order valence-electron chi connectivity index (χ1n) is 7.32. The summed E-state index contributed by atoms with van der Waals surface area (Å²) in [6, 6.07) is 10.0. The van der Waals surface area contributed by atoms with Gasteiger partial charge in [0.2, 0.25) is 0 Å². The molecule has 1 aliphatic rings. The van der Waals surface area contributed by atoms with Crippen molar-refractivity contribution in [3.63, 3.8) is 0 Å². The van der Waals surface area contributed by atoms with Crippen LogP contribution in [-0.4, -0.2) is 30.2 Å². The van der Waals surface area contributed by atoms with Crippen LogP contribution in [0.3, 0.4) is 0 Å². The van der Waals surface area contributed by atoms with Crippen molar-refractivity contribution >= 4 is 0 Å². The van der Waals surface area contributed by atoms with Crippen molar-refractivity contribution in [2.45, 2.75) is 45.7 Å². The number of piperidine rings is 1. The molecule has 1 aliphatic heterocycles. The fourth-order valence-electron chi connectivity index (χ4n) is 3.09. The van der Waals surface area contributed by atoms with Gasteiger partial charge in [-0.25, -0.2) is 4.39 Å². The van der Waals surface area contributed by atoms with Gasteiger partial charge in [-0.05, 0) is 30.4 Å². The van der Waals surface area contributed by atoms with Gasteiger partial charge < -0.3 is 0 Å². The second-order valence-corrected chi connectivity index (χ2v) is 7.19. The van der Waals surface area contributed by atoms with E-state index in [0.717, 1.165) is 25.1 Å². The lowest BCUT2D eigenvalue weighted by Gasteiger charge is -2.40. The summed E-state index contributed by atoms with van der Waals surface area (Å²) >= 11 is 0. The predicted octanol–water partition coefficient (Wildman–Crippen LogP) is 4.08. The Kier molecular flexibility index (Phi) is 4.29. The van der Waals surface area contributed by atoms with Crippen molar-refractivity contribution in [1.82, 2.24) is 4.90 Å². The summed E-state index contributed by atoms with van der Waals surface area (Å²) < 4.78 is 15.0. The molecule has 1 nitrogen and oxygen atoms in total. The van der Waals surface area contributed by atoms with Crippen LogP contribution in [0.25, 0.3) is 0 Å². The van der Waals surface area contributed by atoms with Crippen molar-refractivity contribution in [3.8, 4) is 0 Å². The smallest absolute Gasteiger partial charge is 0.127 e. The van der Waals surface area contributed by atoms with E-state index in [1.165, 1.54) is 0 Å². The van der Waals surface area contributed by atoms with Gasteiger partial charge in [0, 0.05) is 19.5 Å². The maximum Gasteiger partial charge on any atom is 0.127 e. The molecule has 19 heavy (non-hydrogen) atoms. The maximum atomic E-state index is 15.0. The Labute approximate surface area is 116 Å². The fraction of sp³-hybridized carbons (Fsp3) is 0.647. The summed E-state index contributed by atoms with van der Waals surface area (Å²) in [4.78, 5) is 2.30. The first-order chi connectivity index (χ1) is 8.86. The summed E-state index contributed by atoms with van der Waals surface area (Å²) in [6.07, 6.45) is 2.22. The highest BCUT2D eigenvalue weighted by Gasteiger charge is 2.36. The molecule has 0 saturated carbocycles. The number of likely N-dealkylation sites (tertiary alicyclic amines) is 1. The third-order valence-corrected chi connectivity index (χ3v) is 3.67. The van der Waals surface area contributed by atoms with E-state index in [0.29, 0.717) is 19.4 Å². The monoisotopic (exact) mass is 263 g/mol. The van der Waals surface area contributed by atoms with Gasteiger partial charge in [-0.1, -0.05) is 51.1 Å². The minimum absolute atomic E-state index is 0.241. The van der Waals surface area contributed by atoms with Gasteiger partial charge in [0.1, 0.15) is 5.67 Å². The summed E-state index contributed by atoms with van der Waals surface area (Å²) in [5.41, 5.74) is 0.304. The number of nitrogens with zero attached hydrogens (tertiary/aromatic N) is 1. The number of halogens is 1. The van der Waals surface area contributed by atoms with E-state index in [9.17, 15) is 0 Å². The lowest BCUT2D eigenvalue weighted by Crippen LogP contribution is -2.48. The average Bonchev–Trinajstić information content (AvgIpc) is 2.27. The minimum Gasteiger partial charge on any atom is -0.300 e. The molecule has 2 rings (SSSR count). The first-order valence-corrected chi connectivity index (χ1v) is 7.32. The Morgan fingerprint density at radius 3 is 2.53 bits per heavy atom. The molecule has 1 saturated heterocycles. The molecule has 1 heterocycles. The Bertz CT molecular complexity index is 395. The molecule has 0 N–H and O–H groups in total. The van der Waals surface area contributed by atoms with E-state index in [4.69, 9.17) is 0 Å². The van der Waals surface area contributed by atoms with Crippen LogP contribution in [0.4, 0.5) is 4.39 Å². The van der Waals surface area contributed by atoms with E-state index >= 15 is 4.39 Å². The zero-order valence-electron chi connectivity index (χ0n) is 12.5. The molecule has 106 valence electrons. The highest BCUT2D eigenvalue weighted by molar-refractivity contribution is 5.17. The molecule has 2 heteroatoms. The third kappa shape index (κ3) is 4.61. The molecule has 0 radical (unpaired) electrons. The Morgan fingerprint density at radius 1 is 1.21 bits per heavy atom. The fourth-order valence-corrected chi connectivity index (χ4v) is 3.09. The zero-order chi connectivity index (χ0) is 13.9. The van der Waals surface area contributed by atoms with Gasteiger partial charge in [-0.3, -0.25) is 4.90 Å².